The summed E-state index contributed by atoms with van der Waals surface area (Å²) in [5, 5.41) is 2.49. The van der Waals surface area contributed by atoms with Gasteiger partial charge in [-0.05, 0) is 36.8 Å². The molecule has 1 N–H and O–H groups in total. The lowest BCUT2D eigenvalue weighted by atomic mass is 10.1. The Morgan fingerprint density at radius 1 is 1.13 bits per heavy atom. The standard InChI is InChI=1S/C22H18F2N2O5/c1-3-29-22(28)20-19(25-21(27)18-14(23)5-4-6-15(18)24)13(10-26(20)2)12-7-8-16-17(9-12)31-11-30-16/h4-10H,3,11H2,1-2H3,(H,25,27). The number of halogens is 2. The van der Waals surface area contributed by atoms with Gasteiger partial charge in [0.15, 0.2) is 17.2 Å². The van der Waals surface area contributed by atoms with E-state index in [4.69, 9.17) is 14.2 Å². The van der Waals surface area contributed by atoms with E-state index >= 15 is 0 Å². The predicted molar refractivity (Wildman–Crippen MR) is 107 cm³/mol. The molecule has 31 heavy (non-hydrogen) atoms. The Hall–Kier alpha value is -3.88. The summed E-state index contributed by atoms with van der Waals surface area (Å²) in [4.78, 5) is 25.4. The number of fused-ring (bicyclic) bond motifs is 1. The second-order valence-corrected chi connectivity index (χ2v) is 6.72. The van der Waals surface area contributed by atoms with E-state index in [1.807, 2.05) is 0 Å². The van der Waals surface area contributed by atoms with Crippen LogP contribution in [0.4, 0.5) is 14.5 Å². The van der Waals surface area contributed by atoms with E-state index in [0.717, 1.165) is 18.2 Å². The predicted octanol–water partition coefficient (Wildman–Crippen LogP) is 4.13. The minimum absolute atomic E-state index is 0.0274. The number of esters is 1. The van der Waals surface area contributed by atoms with Crippen LogP contribution in [0.15, 0.2) is 42.6 Å². The molecule has 0 aliphatic carbocycles. The highest BCUT2D eigenvalue weighted by atomic mass is 19.1. The van der Waals surface area contributed by atoms with Gasteiger partial charge in [-0.15, -0.1) is 0 Å². The van der Waals surface area contributed by atoms with Crippen LogP contribution in [0.25, 0.3) is 11.1 Å². The summed E-state index contributed by atoms with van der Waals surface area (Å²) < 4.78 is 45.6. The van der Waals surface area contributed by atoms with E-state index < -0.39 is 29.1 Å². The average molecular weight is 428 g/mol. The molecule has 0 saturated heterocycles. The highest BCUT2D eigenvalue weighted by molar-refractivity contribution is 6.11. The third-order valence-electron chi connectivity index (χ3n) is 4.76. The smallest absolute Gasteiger partial charge is 0.357 e. The fourth-order valence-corrected chi connectivity index (χ4v) is 3.37. The number of hydrogen-bond donors (Lipinski definition) is 1. The summed E-state index contributed by atoms with van der Waals surface area (Å²) in [6.45, 7) is 1.84. The number of carbonyl (C=O) groups excluding carboxylic acids is 2. The van der Waals surface area contributed by atoms with Crippen molar-refractivity contribution in [2.45, 2.75) is 6.92 Å². The molecule has 7 nitrogen and oxygen atoms in total. The van der Waals surface area contributed by atoms with E-state index in [0.29, 0.717) is 22.6 Å². The summed E-state index contributed by atoms with van der Waals surface area (Å²) >= 11 is 0. The van der Waals surface area contributed by atoms with Gasteiger partial charge >= 0.3 is 5.97 Å². The summed E-state index contributed by atoms with van der Waals surface area (Å²) in [7, 11) is 1.60. The van der Waals surface area contributed by atoms with Gasteiger partial charge in [-0.1, -0.05) is 12.1 Å². The van der Waals surface area contributed by atoms with Crippen molar-refractivity contribution >= 4 is 17.6 Å². The molecule has 9 heteroatoms. The van der Waals surface area contributed by atoms with Crippen molar-refractivity contribution < 1.29 is 32.6 Å². The van der Waals surface area contributed by atoms with Crippen molar-refractivity contribution in [3.63, 3.8) is 0 Å². The van der Waals surface area contributed by atoms with Gasteiger partial charge in [0, 0.05) is 18.8 Å². The maximum absolute atomic E-state index is 14.1. The second-order valence-electron chi connectivity index (χ2n) is 6.72. The van der Waals surface area contributed by atoms with Crippen LogP contribution in [0.5, 0.6) is 11.5 Å². The van der Waals surface area contributed by atoms with Crippen molar-refractivity contribution in [3.8, 4) is 22.6 Å². The van der Waals surface area contributed by atoms with Gasteiger partial charge in [-0.3, -0.25) is 4.79 Å². The maximum atomic E-state index is 14.1. The van der Waals surface area contributed by atoms with Crippen molar-refractivity contribution in [1.29, 1.82) is 0 Å². The first-order valence-corrected chi connectivity index (χ1v) is 9.42. The fraction of sp³-hybridized carbons (Fsp3) is 0.182. The van der Waals surface area contributed by atoms with Crippen molar-refractivity contribution in [2.75, 3.05) is 18.7 Å². The maximum Gasteiger partial charge on any atom is 0.357 e. The lowest BCUT2D eigenvalue weighted by Gasteiger charge is -2.12. The van der Waals surface area contributed by atoms with Gasteiger partial charge in [-0.2, -0.15) is 0 Å². The third-order valence-corrected chi connectivity index (χ3v) is 4.76. The van der Waals surface area contributed by atoms with Gasteiger partial charge in [0.25, 0.3) is 5.91 Å². The fourth-order valence-electron chi connectivity index (χ4n) is 3.37. The Morgan fingerprint density at radius 2 is 1.84 bits per heavy atom. The lowest BCUT2D eigenvalue weighted by Crippen LogP contribution is -2.19. The number of amides is 1. The Bertz CT molecular complexity index is 1170. The zero-order chi connectivity index (χ0) is 22.1. The molecule has 0 atom stereocenters. The topological polar surface area (TPSA) is 78.8 Å². The number of aryl methyl sites for hydroxylation is 1. The number of nitrogens with zero attached hydrogens (tertiary/aromatic N) is 1. The number of benzene rings is 2. The zero-order valence-corrected chi connectivity index (χ0v) is 16.7. The number of ether oxygens (including phenoxy) is 3. The van der Waals surface area contributed by atoms with Crippen LogP contribution in [-0.2, 0) is 11.8 Å². The van der Waals surface area contributed by atoms with Crippen LogP contribution in [0.2, 0.25) is 0 Å². The Kier molecular flexibility index (Phi) is 5.33. The molecule has 0 saturated carbocycles. The number of nitrogens with one attached hydrogen (secondary N) is 1. The summed E-state index contributed by atoms with van der Waals surface area (Å²) in [5.74, 6) is -2.71. The molecule has 0 spiro atoms. The number of aromatic nitrogens is 1. The van der Waals surface area contributed by atoms with Crippen molar-refractivity contribution in [1.82, 2.24) is 4.57 Å². The molecule has 2 aromatic carbocycles. The number of hydrogen-bond acceptors (Lipinski definition) is 5. The van der Waals surface area contributed by atoms with E-state index in [9.17, 15) is 18.4 Å². The summed E-state index contributed by atoms with van der Waals surface area (Å²) in [5.41, 5.74) is 0.374. The Morgan fingerprint density at radius 3 is 2.55 bits per heavy atom. The molecule has 1 aliphatic rings. The van der Waals surface area contributed by atoms with Crippen LogP contribution in [-0.4, -0.2) is 29.8 Å². The highest BCUT2D eigenvalue weighted by Gasteiger charge is 2.27. The molecule has 0 radical (unpaired) electrons. The zero-order valence-electron chi connectivity index (χ0n) is 16.7. The lowest BCUT2D eigenvalue weighted by molar-refractivity contribution is 0.0516. The molecule has 1 aromatic heterocycles. The van der Waals surface area contributed by atoms with Gasteiger partial charge in [0.2, 0.25) is 6.79 Å². The van der Waals surface area contributed by atoms with Crippen LogP contribution in [0.1, 0.15) is 27.8 Å². The van der Waals surface area contributed by atoms with E-state index in [1.54, 1.807) is 38.4 Å². The normalized spacial score (nSPS) is 12.0. The first-order chi connectivity index (χ1) is 14.9. The molecule has 2 heterocycles. The Balaban J connectivity index is 1.82. The van der Waals surface area contributed by atoms with Crippen LogP contribution in [0.3, 0.4) is 0 Å². The molecule has 0 bridgehead atoms. The molecular formula is C22H18F2N2O5. The van der Waals surface area contributed by atoms with Gasteiger partial charge in [-0.25, -0.2) is 13.6 Å². The monoisotopic (exact) mass is 428 g/mol. The molecule has 4 rings (SSSR count). The van der Waals surface area contributed by atoms with E-state index in [1.165, 1.54) is 4.57 Å². The minimum Gasteiger partial charge on any atom is -0.461 e. The highest BCUT2D eigenvalue weighted by Crippen LogP contribution is 2.40. The Labute approximate surface area is 176 Å². The van der Waals surface area contributed by atoms with Crippen molar-refractivity contribution in [3.05, 3.63) is 65.5 Å². The van der Waals surface area contributed by atoms with Gasteiger partial charge in [0.05, 0.1) is 12.3 Å². The largest absolute Gasteiger partial charge is 0.461 e. The van der Waals surface area contributed by atoms with Crippen LogP contribution >= 0.6 is 0 Å². The van der Waals surface area contributed by atoms with Gasteiger partial charge in [0.1, 0.15) is 17.2 Å². The van der Waals surface area contributed by atoms with Gasteiger partial charge < -0.3 is 24.1 Å². The number of anilines is 1. The first-order valence-electron chi connectivity index (χ1n) is 9.42. The summed E-state index contributed by atoms with van der Waals surface area (Å²) in [6, 6.07) is 8.22. The number of carbonyl (C=O) groups is 2. The molecule has 3 aromatic rings. The molecule has 1 amide bonds. The van der Waals surface area contributed by atoms with E-state index in [-0.39, 0.29) is 24.8 Å². The SMILES string of the molecule is CCOC(=O)c1c(NC(=O)c2c(F)cccc2F)c(-c2ccc3c(c2)OCO3)cn1C. The third kappa shape index (κ3) is 3.70. The quantitative estimate of drug-likeness (QED) is 0.619. The van der Waals surface area contributed by atoms with E-state index in [2.05, 4.69) is 5.32 Å². The van der Waals surface area contributed by atoms with Crippen LogP contribution < -0.4 is 14.8 Å². The minimum atomic E-state index is -1.03. The second kappa shape index (κ2) is 8.10. The molecule has 0 unspecified atom stereocenters. The number of rotatable bonds is 5. The summed E-state index contributed by atoms with van der Waals surface area (Å²) in [6.07, 6.45) is 1.61. The first kappa shape index (κ1) is 20.4. The molecule has 1 aliphatic heterocycles. The van der Waals surface area contributed by atoms with Crippen LogP contribution in [0, 0.1) is 11.6 Å². The average Bonchev–Trinajstić information content (AvgIpc) is 3.31. The van der Waals surface area contributed by atoms with Crippen molar-refractivity contribution in [2.24, 2.45) is 7.05 Å². The molecule has 160 valence electrons. The molecular weight excluding hydrogens is 410 g/mol. The molecule has 0 fully saturated rings.